The van der Waals surface area contributed by atoms with Crippen molar-refractivity contribution in [1.29, 1.82) is 10.5 Å². The first kappa shape index (κ1) is 18.9. The third-order valence-electron chi connectivity index (χ3n) is 5.99. The van der Waals surface area contributed by atoms with Crippen LogP contribution < -0.4 is 4.90 Å². The number of hydrogen-bond acceptors (Lipinski definition) is 5. The van der Waals surface area contributed by atoms with Gasteiger partial charge in [-0.15, -0.1) is 0 Å². The summed E-state index contributed by atoms with van der Waals surface area (Å²) in [7, 11) is 0. The standard InChI is InChI=1S/C24H22N4O/c1-23(2,3)22(29)21-20(17-10-12-27-13-11-17)24(14-25,15-26)19-9-8-16-6-4-5-7-18(16)28(19)21/h4-13,19-21H,1-3H3. The number of nitrogens with zero attached hydrogens (tertiary/aromatic N) is 4. The Hall–Kier alpha value is -3.44. The summed E-state index contributed by atoms with van der Waals surface area (Å²) in [5.74, 6) is -0.574. The molecule has 0 bridgehead atoms. The number of nitriles is 2. The number of carbonyl (C=O) groups is 1. The van der Waals surface area contributed by atoms with E-state index in [1.54, 1.807) is 12.4 Å². The molecule has 0 spiro atoms. The molecule has 0 radical (unpaired) electrons. The monoisotopic (exact) mass is 382 g/mol. The van der Waals surface area contributed by atoms with Gasteiger partial charge in [0.15, 0.2) is 11.2 Å². The van der Waals surface area contributed by atoms with Crippen molar-refractivity contribution in [2.75, 3.05) is 4.90 Å². The lowest BCUT2D eigenvalue weighted by molar-refractivity contribution is -0.127. The molecule has 0 saturated carbocycles. The maximum Gasteiger partial charge on any atom is 0.176 e. The smallest absolute Gasteiger partial charge is 0.176 e. The van der Waals surface area contributed by atoms with Crippen molar-refractivity contribution in [3.05, 3.63) is 66.0 Å². The Morgan fingerprint density at radius 1 is 1.10 bits per heavy atom. The number of carbonyl (C=O) groups excluding carboxylic acids is 1. The molecule has 2 aliphatic rings. The van der Waals surface area contributed by atoms with Gasteiger partial charge < -0.3 is 4.90 Å². The average Bonchev–Trinajstić information content (AvgIpc) is 3.04. The van der Waals surface area contributed by atoms with E-state index in [0.29, 0.717) is 0 Å². The number of fused-ring (bicyclic) bond motifs is 3. The first-order chi connectivity index (χ1) is 13.8. The minimum atomic E-state index is -1.39. The number of aromatic nitrogens is 1. The van der Waals surface area contributed by atoms with Crippen molar-refractivity contribution in [3.8, 4) is 12.1 Å². The summed E-state index contributed by atoms with van der Waals surface area (Å²) in [6, 6.07) is 14.9. The predicted molar refractivity (Wildman–Crippen MR) is 111 cm³/mol. The Kier molecular flexibility index (Phi) is 4.28. The van der Waals surface area contributed by atoms with Gasteiger partial charge in [-0.25, -0.2) is 0 Å². The van der Waals surface area contributed by atoms with E-state index in [-0.39, 0.29) is 5.78 Å². The van der Waals surface area contributed by atoms with E-state index >= 15 is 0 Å². The van der Waals surface area contributed by atoms with Gasteiger partial charge in [0, 0.05) is 29.4 Å². The second kappa shape index (κ2) is 6.57. The van der Waals surface area contributed by atoms with Gasteiger partial charge in [-0.3, -0.25) is 9.78 Å². The Morgan fingerprint density at radius 3 is 2.38 bits per heavy atom. The molecule has 2 aromatic rings. The zero-order valence-electron chi connectivity index (χ0n) is 16.7. The van der Waals surface area contributed by atoms with Crippen LogP contribution in [0.5, 0.6) is 0 Å². The molecule has 3 heterocycles. The Bertz CT molecular complexity index is 1050. The molecule has 1 fully saturated rings. The summed E-state index contributed by atoms with van der Waals surface area (Å²) >= 11 is 0. The molecular formula is C24H22N4O. The van der Waals surface area contributed by atoms with E-state index in [9.17, 15) is 15.3 Å². The molecule has 0 amide bonds. The van der Waals surface area contributed by atoms with Crippen molar-refractivity contribution in [2.45, 2.75) is 38.8 Å². The van der Waals surface area contributed by atoms with Crippen LogP contribution in [-0.2, 0) is 4.79 Å². The van der Waals surface area contributed by atoms with Crippen LogP contribution in [0.4, 0.5) is 5.69 Å². The Morgan fingerprint density at radius 2 is 1.76 bits per heavy atom. The van der Waals surface area contributed by atoms with Crippen molar-refractivity contribution in [1.82, 2.24) is 4.98 Å². The number of benzene rings is 1. The number of pyridine rings is 1. The van der Waals surface area contributed by atoms with E-state index in [2.05, 4.69) is 17.1 Å². The van der Waals surface area contributed by atoms with E-state index in [4.69, 9.17) is 0 Å². The van der Waals surface area contributed by atoms with Crippen molar-refractivity contribution >= 4 is 17.5 Å². The maximum atomic E-state index is 13.7. The lowest BCUT2D eigenvalue weighted by Gasteiger charge is -2.37. The second-order valence-electron chi connectivity index (χ2n) is 8.68. The van der Waals surface area contributed by atoms with Crippen LogP contribution in [0.25, 0.3) is 6.08 Å². The highest BCUT2D eigenvalue weighted by Gasteiger charge is 2.64. The molecule has 5 heteroatoms. The van der Waals surface area contributed by atoms with Crippen molar-refractivity contribution < 1.29 is 4.79 Å². The van der Waals surface area contributed by atoms with Crippen LogP contribution in [0.15, 0.2) is 54.9 Å². The second-order valence-corrected chi connectivity index (χ2v) is 8.68. The predicted octanol–water partition coefficient (Wildman–Crippen LogP) is 4.10. The summed E-state index contributed by atoms with van der Waals surface area (Å²) in [6.07, 6.45) is 7.15. The van der Waals surface area contributed by atoms with E-state index in [1.165, 1.54) is 0 Å². The molecule has 1 aromatic heterocycles. The summed E-state index contributed by atoms with van der Waals surface area (Å²) in [5.41, 5.74) is 0.629. The summed E-state index contributed by atoms with van der Waals surface area (Å²) in [6.45, 7) is 5.66. The van der Waals surface area contributed by atoms with Crippen LogP contribution in [0.1, 0.15) is 37.8 Å². The van der Waals surface area contributed by atoms with Gasteiger partial charge in [0.1, 0.15) is 0 Å². The first-order valence-corrected chi connectivity index (χ1v) is 9.67. The fourth-order valence-electron chi connectivity index (χ4n) is 4.62. The molecule has 1 aromatic carbocycles. The van der Waals surface area contributed by atoms with E-state index in [0.717, 1.165) is 16.8 Å². The van der Waals surface area contributed by atoms with Gasteiger partial charge in [-0.2, -0.15) is 10.5 Å². The minimum absolute atomic E-state index is 0.0155. The topological polar surface area (TPSA) is 80.8 Å². The van der Waals surface area contributed by atoms with Gasteiger partial charge in [-0.05, 0) is 29.3 Å². The summed E-state index contributed by atoms with van der Waals surface area (Å²) in [5, 5.41) is 20.6. The lowest BCUT2D eigenvalue weighted by Crippen LogP contribution is -2.47. The van der Waals surface area contributed by atoms with Gasteiger partial charge in [-0.1, -0.05) is 51.1 Å². The number of hydrogen-bond donors (Lipinski definition) is 0. The molecule has 1 saturated heterocycles. The van der Waals surface area contributed by atoms with Crippen molar-refractivity contribution in [3.63, 3.8) is 0 Å². The zero-order valence-corrected chi connectivity index (χ0v) is 16.7. The largest absolute Gasteiger partial charge is 0.351 e. The quantitative estimate of drug-likeness (QED) is 0.781. The normalized spacial score (nSPS) is 24.2. The number of anilines is 1. The van der Waals surface area contributed by atoms with E-state index < -0.39 is 28.8 Å². The molecule has 0 N–H and O–H groups in total. The Labute approximate surface area is 170 Å². The molecular weight excluding hydrogens is 360 g/mol. The van der Waals surface area contributed by atoms with Crippen LogP contribution in [0.3, 0.4) is 0 Å². The van der Waals surface area contributed by atoms with Crippen LogP contribution >= 0.6 is 0 Å². The molecule has 3 unspecified atom stereocenters. The summed E-state index contributed by atoms with van der Waals surface area (Å²) in [4.78, 5) is 19.8. The fourth-order valence-corrected chi connectivity index (χ4v) is 4.62. The fraction of sp³-hybridized carbons (Fsp3) is 0.333. The lowest BCUT2D eigenvalue weighted by atomic mass is 9.68. The van der Waals surface area contributed by atoms with E-state index in [1.807, 2.05) is 74.2 Å². The highest BCUT2D eigenvalue weighted by atomic mass is 16.1. The third-order valence-corrected chi connectivity index (χ3v) is 5.99. The zero-order chi connectivity index (χ0) is 20.8. The number of rotatable bonds is 2. The molecule has 2 aliphatic heterocycles. The van der Waals surface area contributed by atoms with Gasteiger partial charge in [0.25, 0.3) is 0 Å². The minimum Gasteiger partial charge on any atom is -0.351 e. The first-order valence-electron chi connectivity index (χ1n) is 9.67. The van der Waals surface area contributed by atoms with Gasteiger partial charge >= 0.3 is 0 Å². The van der Waals surface area contributed by atoms with Crippen LogP contribution in [-0.4, -0.2) is 22.9 Å². The SMILES string of the molecule is CC(C)(C)C(=O)C1C(c2ccncc2)C(C#N)(C#N)C2C=Cc3ccccc3N12. The number of ketones is 1. The molecule has 29 heavy (non-hydrogen) atoms. The highest BCUT2D eigenvalue weighted by Crippen LogP contribution is 2.55. The number of para-hydroxylation sites is 1. The molecule has 0 aliphatic carbocycles. The third kappa shape index (κ3) is 2.66. The average molecular weight is 382 g/mol. The maximum absolute atomic E-state index is 13.7. The molecule has 5 nitrogen and oxygen atoms in total. The van der Waals surface area contributed by atoms with Crippen LogP contribution in [0, 0.1) is 33.5 Å². The summed E-state index contributed by atoms with van der Waals surface area (Å²) < 4.78 is 0. The van der Waals surface area contributed by atoms with Crippen molar-refractivity contribution in [2.24, 2.45) is 10.8 Å². The molecule has 4 rings (SSSR count). The number of Topliss-reactive ketones (excluding diaryl/α,β-unsaturated/α-hetero) is 1. The van der Waals surface area contributed by atoms with Gasteiger partial charge in [0.05, 0.1) is 24.2 Å². The van der Waals surface area contributed by atoms with Gasteiger partial charge in [0.2, 0.25) is 0 Å². The molecule has 3 atom stereocenters. The van der Waals surface area contributed by atoms with Crippen LogP contribution in [0.2, 0.25) is 0 Å². The Balaban J connectivity index is 2.03. The molecule has 144 valence electrons. The highest BCUT2D eigenvalue weighted by molar-refractivity contribution is 5.96.